The second-order valence-corrected chi connectivity index (χ2v) is 5.52. The third-order valence-electron chi connectivity index (χ3n) is 3.04. The predicted molar refractivity (Wildman–Crippen MR) is 70.1 cm³/mol. The van der Waals surface area contributed by atoms with Crippen LogP contribution in [0.4, 0.5) is 18.9 Å². The molecule has 4 nitrogen and oxygen atoms in total. The van der Waals surface area contributed by atoms with Gasteiger partial charge in [0.1, 0.15) is 5.54 Å². The van der Waals surface area contributed by atoms with Crippen LogP contribution in [0.25, 0.3) is 0 Å². The highest BCUT2D eigenvalue weighted by molar-refractivity contribution is 9.10. The standard InChI is InChI=1S/C12H12BrF3N2O2/c13-7-1-2-9(8(5-7)12(14,15)16)18-10(19)11(17)3-4-20-6-11/h1-2,5H,3-4,6,17H2,(H,18,19). The van der Waals surface area contributed by atoms with Gasteiger partial charge in [-0.2, -0.15) is 13.2 Å². The molecule has 1 atom stereocenters. The van der Waals surface area contributed by atoms with E-state index in [4.69, 9.17) is 10.5 Å². The van der Waals surface area contributed by atoms with Crippen LogP contribution in [-0.4, -0.2) is 24.7 Å². The third-order valence-corrected chi connectivity index (χ3v) is 3.53. The molecule has 0 aliphatic carbocycles. The lowest BCUT2D eigenvalue weighted by atomic mass is 9.99. The molecule has 1 saturated heterocycles. The molecule has 110 valence electrons. The van der Waals surface area contributed by atoms with Crippen molar-refractivity contribution in [3.63, 3.8) is 0 Å². The van der Waals surface area contributed by atoms with Gasteiger partial charge in [0.2, 0.25) is 5.91 Å². The molecule has 1 aliphatic rings. The van der Waals surface area contributed by atoms with Gasteiger partial charge in [-0.25, -0.2) is 0 Å². The highest BCUT2D eigenvalue weighted by Crippen LogP contribution is 2.37. The van der Waals surface area contributed by atoms with Crippen molar-refractivity contribution in [2.45, 2.75) is 18.1 Å². The lowest BCUT2D eigenvalue weighted by Gasteiger charge is -2.22. The van der Waals surface area contributed by atoms with E-state index in [1.54, 1.807) is 0 Å². The maximum Gasteiger partial charge on any atom is 0.418 e. The van der Waals surface area contributed by atoms with Gasteiger partial charge in [-0.3, -0.25) is 4.79 Å². The fraction of sp³-hybridized carbons (Fsp3) is 0.417. The number of hydrogen-bond acceptors (Lipinski definition) is 3. The molecule has 0 aromatic heterocycles. The molecule has 3 N–H and O–H groups in total. The molecular weight excluding hydrogens is 341 g/mol. The van der Waals surface area contributed by atoms with E-state index in [1.165, 1.54) is 12.1 Å². The summed E-state index contributed by atoms with van der Waals surface area (Å²) in [5.74, 6) is -0.678. The van der Waals surface area contributed by atoms with Gasteiger partial charge in [0.05, 0.1) is 17.9 Å². The summed E-state index contributed by atoms with van der Waals surface area (Å²) in [4.78, 5) is 12.0. The first-order valence-corrected chi connectivity index (χ1v) is 6.56. The molecule has 0 spiro atoms. The van der Waals surface area contributed by atoms with Crippen molar-refractivity contribution in [3.8, 4) is 0 Å². The van der Waals surface area contributed by atoms with E-state index >= 15 is 0 Å². The minimum atomic E-state index is -4.57. The number of halogens is 4. The van der Waals surface area contributed by atoms with Crippen LogP contribution in [0, 0.1) is 0 Å². The number of alkyl halides is 3. The van der Waals surface area contributed by atoms with Crippen LogP contribution >= 0.6 is 15.9 Å². The lowest BCUT2D eigenvalue weighted by Crippen LogP contribution is -2.51. The fourth-order valence-electron chi connectivity index (χ4n) is 1.87. The molecule has 2 rings (SSSR count). The molecule has 0 bridgehead atoms. The van der Waals surface area contributed by atoms with Crippen molar-refractivity contribution in [1.82, 2.24) is 0 Å². The van der Waals surface area contributed by atoms with Crippen molar-refractivity contribution in [2.24, 2.45) is 5.73 Å². The number of benzene rings is 1. The Morgan fingerprint density at radius 2 is 2.15 bits per heavy atom. The van der Waals surface area contributed by atoms with Gasteiger partial charge < -0.3 is 15.8 Å². The average molecular weight is 353 g/mol. The molecule has 1 heterocycles. The number of nitrogens with one attached hydrogen (secondary N) is 1. The lowest BCUT2D eigenvalue weighted by molar-refractivity contribution is -0.137. The molecule has 0 saturated carbocycles. The Morgan fingerprint density at radius 3 is 2.70 bits per heavy atom. The first-order valence-electron chi connectivity index (χ1n) is 5.77. The van der Waals surface area contributed by atoms with Crippen molar-refractivity contribution in [1.29, 1.82) is 0 Å². The van der Waals surface area contributed by atoms with Crippen LogP contribution < -0.4 is 11.1 Å². The zero-order chi connectivity index (χ0) is 15.0. The van der Waals surface area contributed by atoms with Crippen LogP contribution in [-0.2, 0) is 15.7 Å². The van der Waals surface area contributed by atoms with Crippen LogP contribution in [0.3, 0.4) is 0 Å². The maximum atomic E-state index is 12.9. The Kier molecular flexibility index (Phi) is 4.08. The Balaban J connectivity index is 2.27. The van der Waals surface area contributed by atoms with Crippen molar-refractivity contribution in [3.05, 3.63) is 28.2 Å². The largest absolute Gasteiger partial charge is 0.418 e. The Morgan fingerprint density at radius 1 is 1.45 bits per heavy atom. The van der Waals surface area contributed by atoms with Crippen molar-refractivity contribution < 1.29 is 22.7 Å². The molecule has 1 unspecified atom stereocenters. The van der Waals surface area contributed by atoms with Gasteiger partial charge in [0, 0.05) is 11.1 Å². The summed E-state index contributed by atoms with van der Waals surface area (Å²) in [7, 11) is 0. The molecule has 1 fully saturated rings. The number of nitrogens with two attached hydrogens (primary N) is 1. The first kappa shape index (κ1) is 15.3. The SMILES string of the molecule is NC1(C(=O)Nc2ccc(Br)cc2C(F)(F)F)CCOC1. The number of ether oxygens (including phenoxy) is 1. The van der Waals surface area contributed by atoms with E-state index in [-0.39, 0.29) is 23.2 Å². The summed E-state index contributed by atoms with van der Waals surface area (Å²) < 4.78 is 44.1. The number of amides is 1. The molecule has 0 radical (unpaired) electrons. The normalized spacial score (nSPS) is 22.9. The molecule has 1 aromatic carbocycles. The number of carbonyl (C=O) groups excluding carboxylic acids is 1. The minimum absolute atomic E-state index is 0.00326. The van der Waals surface area contributed by atoms with Crippen LogP contribution in [0.15, 0.2) is 22.7 Å². The number of anilines is 1. The van der Waals surface area contributed by atoms with E-state index in [9.17, 15) is 18.0 Å². The van der Waals surface area contributed by atoms with E-state index in [0.29, 0.717) is 6.61 Å². The van der Waals surface area contributed by atoms with Gasteiger partial charge >= 0.3 is 6.18 Å². The van der Waals surface area contributed by atoms with Crippen molar-refractivity contribution >= 4 is 27.5 Å². The highest BCUT2D eigenvalue weighted by Gasteiger charge is 2.40. The molecule has 20 heavy (non-hydrogen) atoms. The quantitative estimate of drug-likeness (QED) is 0.859. The van der Waals surface area contributed by atoms with Crippen LogP contribution in [0.2, 0.25) is 0 Å². The molecule has 1 aromatic rings. The van der Waals surface area contributed by atoms with Gasteiger partial charge in [-0.15, -0.1) is 0 Å². The second-order valence-electron chi connectivity index (χ2n) is 4.60. The summed E-state index contributed by atoms with van der Waals surface area (Å²) in [5.41, 5.74) is 3.28. The van der Waals surface area contributed by atoms with E-state index in [0.717, 1.165) is 6.07 Å². The zero-order valence-electron chi connectivity index (χ0n) is 10.3. The second kappa shape index (κ2) is 5.34. The van der Waals surface area contributed by atoms with E-state index in [1.807, 2.05) is 0 Å². The molecule has 1 amide bonds. The van der Waals surface area contributed by atoms with Gasteiger partial charge in [0.15, 0.2) is 0 Å². The zero-order valence-corrected chi connectivity index (χ0v) is 11.8. The summed E-state index contributed by atoms with van der Waals surface area (Å²) in [6, 6.07) is 3.51. The van der Waals surface area contributed by atoms with Gasteiger partial charge in [-0.05, 0) is 24.6 Å². The highest BCUT2D eigenvalue weighted by atomic mass is 79.9. The minimum Gasteiger partial charge on any atom is -0.379 e. The molecule has 8 heteroatoms. The Bertz CT molecular complexity index is 528. The summed E-state index contributed by atoms with van der Waals surface area (Å²) in [6.07, 6.45) is -4.29. The number of rotatable bonds is 2. The Labute approximate surface area is 121 Å². The van der Waals surface area contributed by atoms with Gasteiger partial charge in [0.25, 0.3) is 0 Å². The number of hydrogen-bond donors (Lipinski definition) is 2. The van der Waals surface area contributed by atoms with Gasteiger partial charge in [-0.1, -0.05) is 15.9 Å². The summed E-state index contributed by atoms with van der Waals surface area (Å²) >= 11 is 2.97. The van der Waals surface area contributed by atoms with Crippen molar-refractivity contribution in [2.75, 3.05) is 18.5 Å². The van der Waals surface area contributed by atoms with E-state index < -0.39 is 23.2 Å². The topological polar surface area (TPSA) is 64.4 Å². The summed E-state index contributed by atoms with van der Waals surface area (Å²) in [5, 5.41) is 2.24. The molecule has 1 aliphatic heterocycles. The fourth-order valence-corrected chi connectivity index (χ4v) is 2.23. The monoisotopic (exact) mass is 352 g/mol. The van der Waals surface area contributed by atoms with Crippen LogP contribution in [0.5, 0.6) is 0 Å². The number of carbonyl (C=O) groups is 1. The Hall–Kier alpha value is -1.12. The van der Waals surface area contributed by atoms with Crippen LogP contribution in [0.1, 0.15) is 12.0 Å². The third kappa shape index (κ3) is 3.13. The average Bonchev–Trinajstić information content (AvgIpc) is 2.78. The predicted octanol–water partition coefficient (Wildman–Crippen LogP) is 2.52. The smallest absolute Gasteiger partial charge is 0.379 e. The molecular formula is C12H12BrF3N2O2. The first-order chi connectivity index (χ1) is 9.22. The summed E-state index contributed by atoms with van der Waals surface area (Å²) in [6.45, 7) is 0.313. The van der Waals surface area contributed by atoms with E-state index in [2.05, 4.69) is 21.2 Å². The maximum absolute atomic E-state index is 12.9.